The maximum atomic E-state index is 12.3. The third-order valence-electron chi connectivity index (χ3n) is 1.84. The smallest absolute Gasteiger partial charge is 0.359 e. The van der Waals surface area contributed by atoms with Crippen LogP contribution in [0, 0.1) is 22.0 Å². The van der Waals surface area contributed by atoms with Crippen molar-refractivity contribution in [3.05, 3.63) is 39.4 Å². The van der Waals surface area contributed by atoms with E-state index in [0.29, 0.717) is 12.1 Å². The summed E-state index contributed by atoms with van der Waals surface area (Å²) in [6.45, 7) is 0. The fourth-order valence-electron chi connectivity index (χ4n) is 1.09. The summed E-state index contributed by atoms with van der Waals surface area (Å²) in [5, 5.41) is 10.6. The van der Waals surface area contributed by atoms with Crippen LogP contribution in [-0.4, -0.2) is 10.8 Å². The van der Waals surface area contributed by atoms with Gasteiger partial charge in [0, 0.05) is 12.0 Å². The lowest BCUT2D eigenvalue weighted by atomic mass is 10.1. The number of primary amides is 1. The number of nitrogens with zero attached hydrogens (tertiary/aromatic N) is 1. The number of hydrogen-bond donors (Lipinski definition) is 1. The van der Waals surface area contributed by atoms with Gasteiger partial charge in [0.15, 0.2) is 0 Å². The Kier molecular flexibility index (Phi) is 3.56. The van der Waals surface area contributed by atoms with Crippen LogP contribution in [0.4, 0.5) is 18.9 Å². The predicted molar refractivity (Wildman–Crippen MR) is 54.2 cm³/mol. The summed E-state index contributed by atoms with van der Waals surface area (Å²) in [6, 6.07) is 1.81. The lowest BCUT2D eigenvalue weighted by molar-refractivity contribution is -0.385. The second kappa shape index (κ2) is 4.75. The molecule has 1 amide bonds. The first-order chi connectivity index (χ1) is 8.21. The Hall–Kier alpha value is -2.56. The molecule has 1 aromatic carbocycles. The Morgan fingerprint density at radius 1 is 1.39 bits per heavy atom. The Morgan fingerprint density at radius 2 is 2.00 bits per heavy atom. The van der Waals surface area contributed by atoms with E-state index in [1.54, 1.807) is 0 Å². The van der Waals surface area contributed by atoms with Crippen LogP contribution in [0.25, 0.3) is 0 Å². The molecule has 0 radical (unpaired) electrons. The number of nitro groups is 1. The molecule has 0 aromatic heterocycles. The third kappa shape index (κ3) is 3.21. The number of hydrogen-bond acceptors (Lipinski definition) is 3. The molecule has 18 heavy (non-hydrogen) atoms. The van der Waals surface area contributed by atoms with Gasteiger partial charge in [0.25, 0.3) is 11.6 Å². The number of nitro benzene ring substituents is 1. The van der Waals surface area contributed by atoms with Crippen molar-refractivity contribution in [2.24, 2.45) is 5.73 Å². The number of carbonyl (C=O) groups is 1. The van der Waals surface area contributed by atoms with Gasteiger partial charge in [-0.25, -0.2) is 0 Å². The monoisotopic (exact) mass is 258 g/mol. The number of alkyl halides is 3. The number of nitrogens with two attached hydrogens (primary N) is 1. The molecule has 0 aliphatic carbocycles. The Morgan fingerprint density at radius 3 is 2.44 bits per heavy atom. The summed E-state index contributed by atoms with van der Waals surface area (Å²) >= 11 is 0. The topological polar surface area (TPSA) is 86.2 Å². The molecule has 0 saturated carbocycles. The van der Waals surface area contributed by atoms with E-state index in [2.05, 4.69) is 0 Å². The summed E-state index contributed by atoms with van der Waals surface area (Å²) in [4.78, 5) is 20.0. The zero-order valence-corrected chi connectivity index (χ0v) is 8.62. The Labute approximate surface area is 98.5 Å². The van der Waals surface area contributed by atoms with E-state index in [9.17, 15) is 28.1 Å². The van der Waals surface area contributed by atoms with Gasteiger partial charge in [0.1, 0.15) is 5.56 Å². The molecule has 0 bridgehead atoms. The van der Waals surface area contributed by atoms with Crippen molar-refractivity contribution in [1.82, 2.24) is 0 Å². The molecular formula is C10H5F3N2O3. The van der Waals surface area contributed by atoms with Crippen molar-refractivity contribution < 1.29 is 22.9 Å². The van der Waals surface area contributed by atoms with Gasteiger partial charge < -0.3 is 5.73 Å². The summed E-state index contributed by atoms with van der Waals surface area (Å²) in [6.07, 6.45) is -4.69. The van der Waals surface area contributed by atoms with Crippen molar-refractivity contribution in [3.8, 4) is 11.8 Å². The third-order valence-corrected chi connectivity index (χ3v) is 1.84. The molecule has 0 saturated heterocycles. The molecule has 0 aliphatic heterocycles. The minimum absolute atomic E-state index is 0.313. The summed E-state index contributed by atoms with van der Waals surface area (Å²) < 4.78 is 37.0. The second-order valence-electron chi connectivity index (χ2n) is 3.10. The fraction of sp³-hybridized carbons (Fsp3) is 0.100. The highest BCUT2D eigenvalue weighted by atomic mass is 19.4. The number of rotatable bonds is 1. The quantitative estimate of drug-likeness (QED) is 0.470. The lowest BCUT2D eigenvalue weighted by Crippen LogP contribution is -2.07. The minimum atomic E-state index is -4.69. The molecule has 5 nitrogen and oxygen atoms in total. The first-order valence-corrected chi connectivity index (χ1v) is 4.39. The summed E-state index contributed by atoms with van der Waals surface area (Å²) in [7, 11) is 0. The molecule has 0 heterocycles. The van der Waals surface area contributed by atoms with Gasteiger partial charge in [-0.3, -0.25) is 14.9 Å². The van der Waals surface area contributed by atoms with E-state index >= 15 is 0 Å². The molecule has 0 spiro atoms. The van der Waals surface area contributed by atoms with Crippen molar-refractivity contribution >= 4 is 11.6 Å². The van der Waals surface area contributed by atoms with Crippen molar-refractivity contribution in [2.45, 2.75) is 6.18 Å². The first kappa shape index (κ1) is 13.5. The average molecular weight is 258 g/mol. The van der Waals surface area contributed by atoms with Crippen molar-refractivity contribution in [3.63, 3.8) is 0 Å². The highest BCUT2D eigenvalue weighted by molar-refractivity contribution is 5.92. The van der Waals surface area contributed by atoms with E-state index in [1.807, 2.05) is 11.8 Å². The highest BCUT2D eigenvalue weighted by Gasteiger charge is 2.32. The van der Waals surface area contributed by atoms with Crippen LogP contribution in [-0.2, 0) is 11.0 Å². The molecule has 0 atom stereocenters. The second-order valence-corrected chi connectivity index (χ2v) is 3.10. The standard InChI is InChI=1S/C10H5F3N2O3/c11-10(12,13)7-3-1-6(2-4-9(14)16)8(5-7)15(17)18/h1,3,5H,(H2,14,16). The lowest BCUT2D eigenvalue weighted by Gasteiger charge is -2.06. The molecular weight excluding hydrogens is 253 g/mol. The van der Waals surface area contributed by atoms with Gasteiger partial charge in [-0.2, -0.15) is 13.2 Å². The van der Waals surface area contributed by atoms with Crippen LogP contribution >= 0.6 is 0 Å². The van der Waals surface area contributed by atoms with Crippen LogP contribution in [0.2, 0.25) is 0 Å². The zero-order valence-electron chi connectivity index (χ0n) is 8.62. The minimum Gasteiger partial charge on any atom is -0.359 e. The van der Waals surface area contributed by atoms with E-state index in [0.717, 1.165) is 6.07 Å². The van der Waals surface area contributed by atoms with Gasteiger partial charge in [0.2, 0.25) is 0 Å². The van der Waals surface area contributed by atoms with E-state index in [-0.39, 0.29) is 5.56 Å². The molecule has 1 aromatic rings. The van der Waals surface area contributed by atoms with Gasteiger partial charge in [-0.05, 0) is 18.1 Å². The van der Waals surface area contributed by atoms with E-state index in [1.165, 1.54) is 0 Å². The molecule has 1 rings (SSSR count). The Balaban J connectivity index is 3.36. The van der Waals surface area contributed by atoms with E-state index in [4.69, 9.17) is 5.73 Å². The highest BCUT2D eigenvalue weighted by Crippen LogP contribution is 2.32. The Bertz CT molecular complexity index is 570. The molecule has 0 fully saturated rings. The van der Waals surface area contributed by atoms with Crippen LogP contribution in [0.3, 0.4) is 0 Å². The van der Waals surface area contributed by atoms with Gasteiger partial charge in [0.05, 0.1) is 10.5 Å². The van der Waals surface area contributed by atoms with Crippen LogP contribution in [0.1, 0.15) is 11.1 Å². The molecule has 8 heteroatoms. The number of benzene rings is 1. The number of halogens is 3. The van der Waals surface area contributed by atoms with Crippen LogP contribution in [0.15, 0.2) is 18.2 Å². The number of carbonyl (C=O) groups excluding carboxylic acids is 1. The molecule has 0 unspecified atom stereocenters. The SMILES string of the molecule is NC(=O)C#Cc1ccc(C(F)(F)F)cc1[N+](=O)[O-]. The normalized spacial score (nSPS) is 10.4. The maximum Gasteiger partial charge on any atom is 0.416 e. The molecule has 0 aliphatic rings. The average Bonchev–Trinajstić information content (AvgIpc) is 2.24. The summed E-state index contributed by atoms with van der Waals surface area (Å²) in [5.74, 6) is 2.82. The van der Waals surface area contributed by atoms with Gasteiger partial charge in [-0.1, -0.05) is 0 Å². The van der Waals surface area contributed by atoms with E-state index < -0.39 is 28.3 Å². The molecule has 2 N–H and O–H groups in total. The largest absolute Gasteiger partial charge is 0.416 e. The summed E-state index contributed by atoms with van der Waals surface area (Å²) in [5.41, 5.74) is 2.39. The zero-order chi connectivity index (χ0) is 13.9. The van der Waals surface area contributed by atoms with Gasteiger partial charge >= 0.3 is 6.18 Å². The van der Waals surface area contributed by atoms with Crippen LogP contribution in [0.5, 0.6) is 0 Å². The van der Waals surface area contributed by atoms with Gasteiger partial charge in [-0.15, -0.1) is 0 Å². The molecule has 94 valence electrons. The van der Waals surface area contributed by atoms with Crippen molar-refractivity contribution in [2.75, 3.05) is 0 Å². The number of amides is 1. The fourth-order valence-corrected chi connectivity index (χ4v) is 1.09. The maximum absolute atomic E-state index is 12.3. The van der Waals surface area contributed by atoms with Crippen molar-refractivity contribution in [1.29, 1.82) is 0 Å². The predicted octanol–water partition coefficient (Wildman–Crippen LogP) is 1.45. The first-order valence-electron chi connectivity index (χ1n) is 4.39. The van der Waals surface area contributed by atoms with Crippen LogP contribution < -0.4 is 5.73 Å².